The third kappa shape index (κ3) is 7.59. The highest BCUT2D eigenvalue weighted by Gasteiger charge is 2.16. The summed E-state index contributed by atoms with van der Waals surface area (Å²) in [6, 6.07) is 0.0693. The van der Waals surface area contributed by atoms with E-state index in [1.807, 2.05) is 27.7 Å². The highest BCUT2D eigenvalue weighted by Crippen LogP contribution is 2.06. The Morgan fingerprint density at radius 1 is 1.54 bits per heavy atom. The van der Waals surface area contributed by atoms with Crippen molar-refractivity contribution in [3.63, 3.8) is 0 Å². The van der Waals surface area contributed by atoms with Gasteiger partial charge in [0.2, 0.25) is 0 Å². The van der Waals surface area contributed by atoms with Gasteiger partial charge in [0.15, 0.2) is 0 Å². The number of hydrogen-bond acceptors (Lipinski definition) is 3. The highest BCUT2D eigenvalue weighted by atomic mass is 16.6. The van der Waals surface area contributed by atoms with E-state index in [0.29, 0.717) is 6.54 Å². The first kappa shape index (κ1) is 12.2. The van der Waals surface area contributed by atoms with E-state index < -0.39 is 5.60 Å². The lowest BCUT2D eigenvalue weighted by atomic mass is 10.2. The van der Waals surface area contributed by atoms with E-state index in [9.17, 15) is 4.79 Å². The van der Waals surface area contributed by atoms with Crippen molar-refractivity contribution < 1.29 is 9.53 Å². The van der Waals surface area contributed by atoms with E-state index in [1.165, 1.54) is 0 Å². The minimum absolute atomic E-state index is 0.0693. The van der Waals surface area contributed by atoms with Crippen LogP contribution in [0.4, 0.5) is 4.79 Å². The standard InChI is InChI=1S/C9H20N2O2/c1-7(5-6-10)11-8(12)13-9(2,3)4/h7H,5-6,10H2,1-4H3,(H,11,12)/t7-/m1/s1. The Hall–Kier alpha value is -0.770. The monoisotopic (exact) mass is 188 g/mol. The zero-order valence-electron chi connectivity index (χ0n) is 8.89. The van der Waals surface area contributed by atoms with Crippen LogP contribution in [0, 0.1) is 0 Å². The third-order valence-corrected chi connectivity index (χ3v) is 1.36. The maximum absolute atomic E-state index is 11.2. The lowest BCUT2D eigenvalue weighted by molar-refractivity contribution is 0.0507. The van der Waals surface area contributed by atoms with Crippen LogP contribution in [-0.2, 0) is 4.74 Å². The zero-order chi connectivity index (χ0) is 10.5. The summed E-state index contributed by atoms with van der Waals surface area (Å²) in [4.78, 5) is 11.2. The van der Waals surface area contributed by atoms with Crippen LogP contribution < -0.4 is 11.1 Å². The number of rotatable bonds is 3. The predicted octanol–water partition coefficient (Wildman–Crippen LogP) is 1.25. The van der Waals surface area contributed by atoms with Crippen molar-refractivity contribution in [1.82, 2.24) is 5.32 Å². The topological polar surface area (TPSA) is 64.3 Å². The molecule has 0 aliphatic heterocycles. The molecule has 0 bridgehead atoms. The maximum Gasteiger partial charge on any atom is 0.407 e. The van der Waals surface area contributed by atoms with Crippen molar-refractivity contribution in [3.8, 4) is 0 Å². The Labute approximate surface area is 79.8 Å². The number of nitrogens with two attached hydrogens (primary N) is 1. The number of carbonyl (C=O) groups excluding carboxylic acids is 1. The summed E-state index contributed by atoms with van der Waals surface area (Å²) in [5, 5.41) is 2.70. The number of hydrogen-bond donors (Lipinski definition) is 2. The largest absolute Gasteiger partial charge is 0.444 e. The summed E-state index contributed by atoms with van der Waals surface area (Å²) in [5.41, 5.74) is 4.90. The molecular weight excluding hydrogens is 168 g/mol. The van der Waals surface area contributed by atoms with Crippen LogP contribution in [0.1, 0.15) is 34.1 Å². The molecule has 0 radical (unpaired) electrons. The molecular formula is C9H20N2O2. The summed E-state index contributed by atoms with van der Waals surface area (Å²) in [6.07, 6.45) is 0.382. The number of carbonyl (C=O) groups is 1. The van der Waals surface area contributed by atoms with Crippen LogP contribution in [-0.4, -0.2) is 24.3 Å². The molecule has 0 heterocycles. The van der Waals surface area contributed by atoms with Crippen molar-refractivity contribution >= 4 is 6.09 Å². The second-order valence-corrected chi connectivity index (χ2v) is 4.12. The fourth-order valence-corrected chi connectivity index (χ4v) is 0.831. The Morgan fingerprint density at radius 3 is 2.46 bits per heavy atom. The first-order valence-corrected chi connectivity index (χ1v) is 4.54. The van der Waals surface area contributed by atoms with Crippen molar-refractivity contribution in [2.45, 2.75) is 45.8 Å². The molecule has 0 aromatic carbocycles. The van der Waals surface area contributed by atoms with Crippen molar-refractivity contribution in [1.29, 1.82) is 0 Å². The summed E-state index contributed by atoms with van der Waals surface area (Å²) < 4.78 is 5.06. The van der Waals surface area contributed by atoms with Gasteiger partial charge in [-0.15, -0.1) is 0 Å². The van der Waals surface area contributed by atoms with E-state index in [2.05, 4.69) is 5.32 Å². The van der Waals surface area contributed by atoms with Crippen molar-refractivity contribution in [3.05, 3.63) is 0 Å². The van der Waals surface area contributed by atoms with Crippen molar-refractivity contribution in [2.75, 3.05) is 6.54 Å². The zero-order valence-corrected chi connectivity index (χ0v) is 8.89. The van der Waals surface area contributed by atoms with Gasteiger partial charge in [-0.3, -0.25) is 0 Å². The maximum atomic E-state index is 11.2. The quantitative estimate of drug-likeness (QED) is 0.700. The van der Waals surface area contributed by atoms with E-state index in [-0.39, 0.29) is 12.1 Å². The van der Waals surface area contributed by atoms with Gasteiger partial charge in [-0.1, -0.05) is 0 Å². The van der Waals surface area contributed by atoms with E-state index in [0.717, 1.165) is 6.42 Å². The molecule has 4 heteroatoms. The van der Waals surface area contributed by atoms with Crippen LogP contribution in [0.25, 0.3) is 0 Å². The molecule has 0 fully saturated rings. The lowest BCUT2D eigenvalue weighted by Crippen LogP contribution is -2.38. The van der Waals surface area contributed by atoms with Crippen LogP contribution >= 0.6 is 0 Å². The molecule has 0 saturated carbocycles. The Balaban J connectivity index is 3.74. The number of amides is 1. The molecule has 0 aliphatic rings. The van der Waals surface area contributed by atoms with Crippen LogP contribution in [0.2, 0.25) is 0 Å². The number of ether oxygens (including phenoxy) is 1. The molecule has 1 atom stereocenters. The Morgan fingerprint density at radius 2 is 2.08 bits per heavy atom. The number of nitrogens with one attached hydrogen (secondary N) is 1. The molecule has 0 spiro atoms. The van der Waals surface area contributed by atoms with Gasteiger partial charge >= 0.3 is 6.09 Å². The molecule has 0 unspecified atom stereocenters. The molecule has 0 rings (SSSR count). The minimum atomic E-state index is -0.438. The summed E-state index contributed by atoms with van der Waals surface area (Å²) in [6.45, 7) is 7.97. The minimum Gasteiger partial charge on any atom is -0.444 e. The van der Waals surface area contributed by atoms with Gasteiger partial charge in [0, 0.05) is 6.04 Å². The molecule has 4 nitrogen and oxygen atoms in total. The molecule has 0 aliphatic carbocycles. The molecule has 0 aromatic heterocycles. The average molecular weight is 188 g/mol. The summed E-state index contributed by atoms with van der Waals surface area (Å²) in [7, 11) is 0. The second kappa shape index (κ2) is 5.07. The van der Waals surface area contributed by atoms with Gasteiger partial charge in [-0.25, -0.2) is 4.79 Å². The fourth-order valence-electron chi connectivity index (χ4n) is 0.831. The molecule has 0 aromatic rings. The van der Waals surface area contributed by atoms with Crippen molar-refractivity contribution in [2.24, 2.45) is 5.73 Å². The second-order valence-electron chi connectivity index (χ2n) is 4.12. The first-order chi connectivity index (χ1) is 5.85. The van der Waals surface area contributed by atoms with E-state index >= 15 is 0 Å². The fraction of sp³-hybridized carbons (Fsp3) is 0.889. The molecule has 1 amide bonds. The van der Waals surface area contributed by atoms with Gasteiger partial charge in [0.25, 0.3) is 0 Å². The van der Waals surface area contributed by atoms with Gasteiger partial charge in [-0.2, -0.15) is 0 Å². The Kier molecular flexibility index (Phi) is 4.77. The lowest BCUT2D eigenvalue weighted by Gasteiger charge is -2.21. The average Bonchev–Trinajstić information content (AvgIpc) is 1.81. The first-order valence-electron chi connectivity index (χ1n) is 4.54. The SMILES string of the molecule is C[C@H](CCN)NC(=O)OC(C)(C)C. The smallest absolute Gasteiger partial charge is 0.407 e. The summed E-state index contributed by atoms with van der Waals surface area (Å²) in [5.74, 6) is 0. The highest BCUT2D eigenvalue weighted by molar-refractivity contribution is 5.67. The van der Waals surface area contributed by atoms with Crippen LogP contribution in [0.5, 0.6) is 0 Å². The molecule has 0 saturated heterocycles. The molecule has 78 valence electrons. The number of alkyl carbamates (subject to hydrolysis) is 1. The van der Waals surface area contributed by atoms with Gasteiger partial charge in [-0.05, 0) is 40.7 Å². The van der Waals surface area contributed by atoms with Gasteiger partial charge in [0.05, 0.1) is 0 Å². The normalized spacial score (nSPS) is 13.6. The Bertz CT molecular complexity index is 163. The van der Waals surface area contributed by atoms with Gasteiger partial charge < -0.3 is 15.8 Å². The van der Waals surface area contributed by atoms with Crippen LogP contribution in [0.3, 0.4) is 0 Å². The molecule has 3 N–H and O–H groups in total. The van der Waals surface area contributed by atoms with Crippen LogP contribution in [0.15, 0.2) is 0 Å². The molecule has 13 heavy (non-hydrogen) atoms. The summed E-state index contributed by atoms with van der Waals surface area (Å²) >= 11 is 0. The van der Waals surface area contributed by atoms with Gasteiger partial charge in [0.1, 0.15) is 5.60 Å². The van der Waals surface area contributed by atoms with E-state index in [1.54, 1.807) is 0 Å². The van der Waals surface area contributed by atoms with E-state index in [4.69, 9.17) is 10.5 Å². The predicted molar refractivity (Wildman–Crippen MR) is 52.5 cm³/mol. The third-order valence-electron chi connectivity index (χ3n) is 1.36.